The van der Waals surface area contributed by atoms with Crippen LogP contribution in [-0.4, -0.2) is 45.9 Å². The molecule has 0 saturated carbocycles. The van der Waals surface area contributed by atoms with Gasteiger partial charge in [0.2, 0.25) is 5.91 Å². The molecular formula is C20H17ClN4O4. The van der Waals surface area contributed by atoms with Crippen molar-refractivity contribution in [2.75, 3.05) is 18.0 Å². The Morgan fingerprint density at radius 2 is 1.52 bits per heavy atom. The molecule has 0 aromatic heterocycles. The summed E-state index contributed by atoms with van der Waals surface area (Å²) in [5.41, 5.74) is 1.22. The molecule has 0 bridgehead atoms. The molecule has 9 heteroatoms. The van der Waals surface area contributed by atoms with Gasteiger partial charge in [0.25, 0.3) is 11.6 Å². The summed E-state index contributed by atoms with van der Waals surface area (Å²) in [6.45, 7) is 1.51. The Bertz CT molecular complexity index is 1010. The summed E-state index contributed by atoms with van der Waals surface area (Å²) in [5.74, 6) is -1.08. The molecule has 3 heterocycles. The van der Waals surface area contributed by atoms with Gasteiger partial charge in [0.1, 0.15) is 6.04 Å². The Balaban J connectivity index is 1.54. The third-order valence-corrected chi connectivity index (χ3v) is 6.19. The lowest BCUT2D eigenvalue weighted by molar-refractivity contribution is -0.384. The van der Waals surface area contributed by atoms with Gasteiger partial charge in [-0.05, 0) is 36.2 Å². The molecule has 29 heavy (non-hydrogen) atoms. The van der Waals surface area contributed by atoms with Crippen LogP contribution < -0.4 is 4.90 Å². The average molecular weight is 413 g/mol. The summed E-state index contributed by atoms with van der Waals surface area (Å²) in [6, 6.07) is 12.1. The third kappa shape index (κ3) is 2.67. The van der Waals surface area contributed by atoms with Gasteiger partial charge in [-0.1, -0.05) is 23.7 Å². The molecule has 0 radical (unpaired) electrons. The number of anilines is 1. The van der Waals surface area contributed by atoms with Gasteiger partial charge < -0.3 is 0 Å². The number of carbonyl (C=O) groups is 2. The van der Waals surface area contributed by atoms with E-state index in [1.54, 1.807) is 12.1 Å². The van der Waals surface area contributed by atoms with Gasteiger partial charge >= 0.3 is 0 Å². The molecular weight excluding hydrogens is 396 g/mol. The fraction of sp³-hybridized carbons (Fsp3) is 0.300. The summed E-state index contributed by atoms with van der Waals surface area (Å²) < 4.78 is 0. The molecule has 3 saturated heterocycles. The minimum absolute atomic E-state index is 0.0854. The number of fused-ring (bicyclic) bond motifs is 3. The van der Waals surface area contributed by atoms with E-state index < -0.39 is 16.9 Å². The maximum Gasteiger partial charge on any atom is 0.269 e. The van der Waals surface area contributed by atoms with E-state index in [9.17, 15) is 19.7 Å². The van der Waals surface area contributed by atoms with Gasteiger partial charge in [-0.25, -0.2) is 14.9 Å². The van der Waals surface area contributed by atoms with Gasteiger partial charge in [0.05, 0.1) is 22.6 Å². The topological polar surface area (TPSA) is 87.0 Å². The number of carbonyl (C=O) groups excluding carboxylic acids is 2. The molecule has 2 aromatic carbocycles. The molecule has 3 aliphatic rings. The molecule has 3 fully saturated rings. The number of hydrogen-bond donors (Lipinski definition) is 0. The number of hydrazine groups is 1. The van der Waals surface area contributed by atoms with Crippen molar-refractivity contribution in [2.24, 2.45) is 5.92 Å². The zero-order valence-corrected chi connectivity index (χ0v) is 16.0. The van der Waals surface area contributed by atoms with Gasteiger partial charge in [-0.2, -0.15) is 0 Å². The van der Waals surface area contributed by atoms with Crippen LogP contribution >= 0.6 is 11.6 Å². The highest BCUT2D eigenvalue weighted by Crippen LogP contribution is 2.49. The summed E-state index contributed by atoms with van der Waals surface area (Å²) in [4.78, 5) is 38.2. The minimum Gasteiger partial charge on any atom is -0.274 e. The van der Waals surface area contributed by atoms with Crippen molar-refractivity contribution in [1.82, 2.24) is 10.0 Å². The number of benzene rings is 2. The number of nitrogens with zero attached hydrogens (tertiary/aromatic N) is 4. The van der Waals surface area contributed by atoms with Crippen LogP contribution in [0.25, 0.3) is 0 Å². The fourth-order valence-electron chi connectivity index (χ4n) is 4.75. The van der Waals surface area contributed by atoms with Crippen molar-refractivity contribution >= 4 is 34.8 Å². The SMILES string of the molecule is O=C1[C@H]2[C@@H](c3ccc(Cl)cc3)N3CCCN3[C@H]2C(=O)N1c1ccc([N+](=O)[O-])cc1. The van der Waals surface area contributed by atoms with E-state index in [2.05, 4.69) is 5.01 Å². The molecule has 3 atom stereocenters. The van der Waals surface area contributed by atoms with Crippen LogP contribution in [0.5, 0.6) is 0 Å². The largest absolute Gasteiger partial charge is 0.274 e. The quantitative estimate of drug-likeness (QED) is 0.437. The number of amides is 2. The second-order valence-corrected chi connectivity index (χ2v) is 7.87. The highest BCUT2D eigenvalue weighted by molar-refractivity contribution is 6.30. The van der Waals surface area contributed by atoms with Gasteiger partial charge in [-0.3, -0.25) is 19.7 Å². The van der Waals surface area contributed by atoms with Crippen molar-refractivity contribution < 1.29 is 14.5 Å². The average Bonchev–Trinajstić information content (AvgIpc) is 3.35. The zero-order chi connectivity index (χ0) is 20.3. The van der Waals surface area contributed by atoms with E-state index in [-0.39, 0.29) is 23.5 Å². The van der Waals surface area contributed by atoms with Crippen LogP contribution in [-0.2, 0) is 9.59 Å². The molecule has 8 nitrogen and oxygen atoms in total. The van der Waals surface area contributed by atoms with E-state index in [1.165, 1.54) is 29.2 Å². The standard InChI is InChI=1S/C20H17ClN4O4/c21-13-4-2-12(3-5-13)17-16-18(23-11-1-10-22(17)23)20(27)24(19(16)26)14-6-8-15(9-7-14)25(28)29/h2-9,16-18H,1,10-11H2/t16-,17+,18+/m0/s1. The highest BCUT2D eigenvalue weighted by Gasteiger charge is 2.62. The first kappa shape index (κ1) is 18.2. The van der Waals surface area contributed by atoms with Gasteiger partial charge in [-0.15, -0.1) is 0 Å². The molecule has 0 unspecified atom stereocenters. The minimum atomic E-state index is -0.555. The Morgan fingerprint density at radius 1 is 0.897 bits per heavy atom. The van der Waals surface area contributed by atoms with Gasteiger partial charge in [0, 0.05) is 30.2 Å². The van der Waals surface area contributed by atoms with Crippen LogP contribution in [0.2, 0.25) is 5.02 Å². The molecule has 0 aliphatic carbocycles. The fourth-order valence-corrected chi connectivity index (χ4v) is 4.88. The summed E-state index contributed by atoms with van der Waals surface area (Å²) in [7, 11) is 0. The second-order valence-electron chi connectivity index (χ2n) is 7.43. The molecule has 0 spiro atoms. The molecule has 2 aromatic rings. The van der Waals surface area contributed by atoms with E-state index in [0.29, 0.717) is 10.7 Å². The summed E-state index contributed by atoms with van der Waals surface area (Å²) in [5, 5.41) is 15.7. The zero-order valence-electron chi connectivity index (χ0n) is 15.3. The van der Waals surface area contributed by atoms with Crippen molar-refractivity contribution in [3.63, 3.8) is 0 Å². The highest BCUT2D eigenvalue weighted by atomic mass is 35.5. The number of halogens is 1. The van der Waals surface area contributed by atoms with Crippen molar-refractivity contribution in [2.45, 2.75) is 18.5 Å². The van der Waals surface area contributed by atoms with Crippen LogP contribution in [0.4, 0.5) is 11.4 Å². The molecule has 5 rings (SSSR count). The lowest BCUT2D eigenvalue weighted by Crippen LogP contribution is -2.44. The maximum absolute atomic E-state index is 13.4. The van der Waals surface area contributed by atoms with Crippen LogP contribution in [0.1, 0.15) is 18.0 Å². The van der Waals surface area contributed by atoms with Crippen LogP contribution in [0.3, 0.4) is 0 Å². The number of imide groups is 1. The van der Waals surface area contributed by atoms with E-state index >= 15 is 0 Å². The Morgan fingerprint density at radius 3 is 2.14 bits per heavy atom. The first-order valence-electron chi connectivity index (χ1n) is 9.38. The summed E-state index contributed by atoms with van der Waals surface area (Å²) in [6.07, 6.45) is 0.923. The number of rotatable bonds is 3. The van der Waals surface area contributed by atoms with Crippen molar-refractivity contribution in [3.05, 3.63) is 69.2 Å². The number of nitro groups is 1. The van der Waals surface area contributed by atoms with Gasteiger partial charge in [0.15, 0.2) is 0 Å². The predicted octanol–water partition coefficient (Wildman–Crippen LogP) is 2.78. The lowest BCUT2D eigenvalue weighted by Gasteiger charge is -2.29. The van der Waals surface area contributed by atoms with Crippen LogP contribution in [0.15, 0.2) is 48.5 Å². The van der Waals surface area contributed by atoms with Crippen molar-refractivity contribution in [1.29, 1.82) is 0 Å². The lowest BCUT2D eigenvalue weighted by atomic mass is 9.90. The Labute approximate surface area is 171 Å². The van der Waals surface area contributed by atoms with E-state index in [1.807, 2.05) is 17.1 Å². The smallest absolute Gasteiger partial charge is 0.269 e. The number of hydrogen-bond acceptors (Lipinski definition) is 6. The first-order chi connectivity index (χ1) is 14.0. The molecule has 0 N–H and O–H groups in total. The predicted molar refractivity (Wildman–Crippen MR) is 105 cm³/mol. The Hall–Kier alpha value is -2.81. The van der Waals surface area contributed by atoms with Crippen molar-refractivity contribution in [3.8, 4) is 0 Å². The maximum atomic E-state index is 13.4. The summed E-state index contributed by atoms with van der Waals surface area (Å²) >= 11 is 6.03. The molecule has 3 aliphatic heterocycles. The Kier molecular flexibility index (Phi) is 4.16. The monoisotopic (exact) mass is 412 g/mol. The van der Waals surface area contributed by atoms with E-state index in [0.717, 1.165) is 25.1 Å². The third-order valence-electron chi connectivity index (χ3n) is 5.94. The van der Waals surface area contributed by atoms with E-state index in [4.69, 9.17) is 11.6 Å². The molecule has 148 valence electrons. The number of non-ortho nitro benzene ring substituents is 1. The first-order valence-corrected chi connectivity index (χ1v) is 9.76. The van der Waals surface area contributed by atoms with Crippen LogP contribution in [0, 0.1) is 16.0 Å². The molecule has 2 amide bonds. The number of nitro benzene ring substituents is 1. The second kappa shape index (κ2) is 6.62. The normalized spacial score (nSPS) is 26.8.